The molecular weight excluding hydrogens is 214 g/mol. The summed E-state index contributed by atoms with van der Waals surface area (Å²) < 4.78 is 5.36. The average Bonchev–Trinajstić information content (AvgIpc) is 2.24. The van der Waals surface area contributed by atoms with Gasteiger partial charge >= 0.3 is 6.01 Å². The van der Waals surface area contributed by atoms with Gasteiger partial charge in [0.05, 0.1) is 5.69 Å². The van der Waals surface area contributed by atoms with Gasteiger partial charge in [0, 0.05) is 17.4 Å². The Balaban J connectivity index is 2.25. The summed E-state index contributed by atoms with van der Waals surface area (Å²) in [6, 6.07) is 6.94. The highest BCUT2D eigenvalue weighted by Gasteiger charge is 2.03. The molecule has 2 aromatic rings. The first kappa shape index (κ1) is 9.73. The Hall–Kier alpha value is -1.81. The second-order valence-corrected chi connectivity index (χ2v) is 3.25. The number of nitrogen functional groups attached to an aromatic ring is 1. The van der Waals surface area contributed by atoms with Gasteiger partial charge in [-0.3, -0.25) is 0 Å². The smallest absolute Gasteiger partial charge is 0.321 e. The summed E-state index contributed by atoms with van der Waals surface area (Å²) in [5, 5.41) is 0.564. The summed E-state index contributed by atoms with van der Waals surface area (Å²) in [5.41, 5.74) is 6.16. The minimum atomic E-state index is 0.256. The van der Waals surface area contributed by atoms with E-state index < -0.39 is 0 Å². The molecular formula is C10H8ClN3O. The third kappa shape index (κ3) is 2.35. The van der Waals surface area contributed by atoms with E-state index in [0.717, 1.165) is 0 Å². The van der Waals surface area contributed by atoms with Gasteiger partial charge in [0.25, 0.3) is 0 Å². The third-order valence-corrected chi connectivity index (χ3v) is 1.95. The summed E-state index contributed by atoms with van der Waals surface area (Å²) in [7, 11) is 0. The highest BCUT2D eigenvalue weighted by molar-refractivity contribution is 6.30. The number of benzene rings is 1. The van der Waals surface area contributed by atoms with Crippen molar-refractivity contribution in [1.82, 2.24) is 9.97 Å². The number of nitrogens with zero attached hydrogens (tertiary/aromatic N) is 2. The first-order chi connectivity index (χ1) is 7.25. The zero-order chi connectivity index (χ0) is 10.7. The van der Waals surface area contributed by atoms with Crippen LogP contribution in [0.25, 0.3) is 0 Å². The zero-order valence-electron chi connectivity index (χ0n) is 7.72. The van der Waals surface area contributed by atoms with Gasteiger partial charge in [-0.1, -0.05) is 11.6 Å². The van der Waals surface area contributed by atoms with Crippen LogP contribution < -0.4 is 10.5 Å². The van der Waals surface area contributed by atoms with E-state index in [-0.39, 0.29) is 6.01 Å². The van der Waals surface area contributed by atoms with Gasteiger partial charge in [-0.25, -0.2) is 9.97 Å². The molecule has 0 aliphatic carbocycles. The fourth-order valence-electron chi connectivity index (χ4n) is 1.05. The van der Waals surface area contributed by atoms with Gasteiger partial charge in [0.2, 0.25) is 0 Å². The molecule has 5 heteroatoms. The highest BCUT2D eigenvalue weighted by atomic mass is 35.5. The molecule has 0 radical (unpaired) electrons. The van der Waals surface area contributed by atoms with E-state index in [9.17, 15) is 0 Å². The SMILES string of the molecule is Nc1cc(Cl)ccc1Oc1ncccn1. The Morgan fingerprint density at radius 3 is 2.60 bits per heavy atom. The molecule has 0 aliphatic rings. The molecule has 2 N–H and O–H groups in total. The van der Waals surface area contributed by atoms with Crippen LogP contribution in [0.15, 0.2) is 36.7 Å². The second kappa shape index (κ2) is 4.14. The number of nitrogens with two attached hydrogens (primary N) is 1. The minimum Gasteiger partial charge on any atom is -0.422 e. The fraction of sp³-hybridized carbons (Fsp3) is 0. The molecule has 0 spiro atoms. The number of halogens is 1. The van der Waals surface area contributed by atoms with Gasteiger partial charge in [-0.05, 0) is 24.3 Å². The average molecular weight is 222 g/mol. The van der Waals surface area contributed by atoms with E-state index in [1.54, 1.807) is 36.7 Å². The van der Waals surface area contributed by atoms with Gasteiger partial charge in [0.15, 0.2) is 5.75 Å². The predicted molar refractivity (Wildman–Crippen MR) is 58.0 cm³/mol. The molecule has 76 valence electrons. The Labute approximate surface area is 91.7 Å². The van der Waals surface area contributed by atoms with Gasteiger partial charge < -0.3 is 10.5 Å². The van der Waals surface area contributed by atoms with Crippen LogP contribution in [-0.4, -0.2) is 9.97 Å². The van der Waals surface area contributed by atoms with Crippen LogP contribution in [-0.2, 0) is 0 Å². The molecule has 1 aromatic carbocycles. The fourth-order valence-corrected chi connectivity index (χ4v) is 1.23. The molecule has 0 amide bonds. The van der Waals surface area contributed by atoms with Crippen molar-refractivity contribution in [3.8, 4) is 11.8 Å². The van der Waals surface area contributed by atoms with Crippen molar-refractivity contribution in [2.75, 3.05) is 5.73 Å². The Morgan fingerprint density at radius 1 is 1.20 bits per heavy atom. The van der Waals surface area contributed by atoms with Gasteiger partial charge in [-0.2, -0.15) is 0 Å². The van der Waals surface area contributed by atoms with Crippen LogP contribution in [0.3, 0.4) is 0 Å². The Morgan fingerprint density at radius 2 is 1.93 bits per heavy atom. The van der Waals surface area contributed by atoms with E-state index in [4.69, 9.17) is 22.1 Å². The summed E-state index contributed by atoms with van der Waals surface area (Å²) >= 11 is 5.75. The number of aromatic nitrogens is 2. The normalized spacial score (nSPS) is 9.93. The molecule has 0 fully saturated rings. The molecule has 0 aliphatic heterocycles. The van der Waals surface area contributed by atoms with Crippen molar-refractivity contribution < 1.29 is 4.74 Å². The monoisotopic (exact) mass is 221 g/mol. The molecule has 0 unspecified atom stereocenters. The number of hydrogen-bond acceptors (Lipinski definition) is 4. The molecule has 0 saturated carbocycles. The maximum atomic E-state index is 5.75. The number of hydrogen-bond donors (Lipinski definition) is 1. The first-order valence-electron chi connectivity index (χ1n) is 4.25. The van der Waals surface area contributed by atoms with Crippen molar-refractivity contribution in [2.45, 2.75) is 0 Å². The van der Waals surface area contributed by atoms with E-state index in [1.807, 2.05) is 0 Å². The molecule has 4 nitrogen and oxygen atoms in total. The lowest BCUT2D eigenvalue weighted by atomic mass is 10.3. The van der Waals surface area contributed by atoms with E-state index in [2.05, 4.69) is 9.97 Å². The zero-order valence-corrected chi connectivity index (χ0v) is 8.48. The molecule has 1 aromatic heterocycles. The van der Waals surface area contributed by atoms with E-state index in [1.165, 1.54) is 0 Å². The number of rotatable bonds is 2. The molecule has 1 heterocycles. The summed E-state index contributed by atoms with van der Waals surface area (Å²) in [4.78, 5) is 7.83. The molecule has 15 heavy (non-hydrogen) atoms. The standard InChI is InChI=1S/C10H8ClN3O/c11-7-2-3-9(8(12)6-7)15-10-13-4-1-5-14-10/h1-6H,12H2. The molecule has 0 bridgehead atoms. The number of ether oxygens (including phenoxy) is 1. The topological polar surface area (TPSA) is 61.0 Å². The molecule has 0 saturated heterocycles. The molecule has 2 rings (SSSR count). The van der Waals surface area contributed by atoms with Crippen LogP contribution in [0.5, 0.6) is 11.8 Å². The van der Waals surface area contributed by atoms with Crippen molar-refractivity contribution in [2.24, 2.45) is 0 Å². The second-order valence-electron chi connectivity index (χ2n) is 2.82. The van der Waals surface area contributed by atoms with Crippen molar-refractivity contribution in [3.63, 3.8) is 0 Å². The summed E-state index contributed by atoms with van der Waals surface area (Å²) in [6.45, 7) is 0. The number of anilines is 1. The Bertz CT molecular complexity index is 461. The molecule has 0 atom stereocenters. The van der Waals surface area contributed by atoms with Crippen LogP contribution in [0.2, 0.25) is 5.02 Å². The Kier molecular flexibility index (Phi) is 2.69. The van der Waals surface area contributed by atoms with Crippen LogP contribution in [0.1, 0.15) is 0 Å². The lowest BCUT2D eigenvalue weighted by Gasteiger charge is -2.05. The summed E-state index contributed by atoms with van der Waals surface area (Å²) in [5.74, 6) is 0.491. The van der Waals surface area contributed by atoms with Crippen molar-refractivity contribution in [3.05, 3.63) is 41.7 Å². The van der Waals surface area contributed by atoms with Gasteiger partial charge in [-0.15, -0.1) is 0 Å². The maximum Gasteiger partial charge on any atom is 0.321 e. The van der Waals surface area contributed by atoms with E-state index >= 15 is 0 Å². The highest BCUT2D eigenvalue weighted by Crippen LogP contribution is 2.27. The lowest BCUT2D eigenvalue weighted by molar-refractivity contribution is 0.444. The predicted octanol–water partition coefficient (Wildman–Crippen LogP) is 2.50. The maximum absolute atomic E-state index is 5.75. The van der Waals surface area contributed by atoms with Crippen LogP contribution in [0.4, 0.5) is 5.69 Å². The quantitative estimate of drug-likeness (QED) is 0.792. The van der Waals surface area contributed by atoms with E-state index in [0.29, 0.717) is 16.5 Å². The minimum absolute atomic E-state index is 0.256. The van der Waals surface area contributed by atoms with Crippen LogP contribution in [0, 0.1) is 0 Å². The largest absolute Gasteiger partial charge is 0.422 e. The third-order valence-electron chi connectivity index (χ3n) is 1.72. The van der Waals surface area contributed by atoms with Crippen molar-refractivity contribution in [1.29, 1.82) is 0 Å². The lowest BCUT2D eigenvalue weighted by Crippen LogP contribution is -1.94. The van der Waals surface area contributed by atoms with Crippen molar-refractivity contribution >= 4 is 17.3 Å². The van der Waals surface area contributed by atoms with Gasteiger partial charge in [0.1, 0.15) is 0 Å². The summed E-state index contributed by atoms with van der Waals surface area (Å²) in [6.07, 6.45) is 3.18. The first-order valence-corrected chi connectivity index (χ1v) is 4.63. The van der Waals surface area contributed by atoms with Crippen LogP contribution >= 0.6 is 11.6 Å².